The van der Waals surface area contributed by atoms with E-state index in [2.05, 4.69) is 5.92 Å². The predicted octanol–water partition coefficient (Wildman–Crippen LogP) is 1.70. The van der Waals surface area contributed by atoms with Gasteiger partial charge in [-0.2, -0.15) is 0 Å². The van der Waals surface area contributed by atoms with Crippen LogP contribution in [-0.4, -0.2) is 28.9 Å². The van der Waals surface area contributed by atoms with E-state index in [-0.39, 0.29) is 35.7 Å². The molecule has 0 aromatic heterocycles. The summed E-state index contributed by atoms with van der Waals surface area (Å²) in [5.74, 6) is 3.05. The largest absolute Gasteiger partial charge is 0.390 e. The predicted molar refractivity (Wildman–Crippen MR) is 84.3 cm³/mol. The maximum Gasteiger partial charge on any atom is 0.233 e. The number of rotatable bonds is 2. The molecule has 5 rings (SSSR count). The molecule has 4 heteroatoms. The van der Waals surface area contributed by atoms with Crippen molar-refractivity contribution in [2.45, 2.75) is 37.7 Å². The molecular formula is C19H19NO3. The quantitative estimate of drug-likeness (QED) is 0.846. The van der Waals surface area contributed by atoms with Gasteiger partial charge >= 0.3 is 0 Å². The number of fused-ring (bicyclic) bond motifs is 2. The van der Waals surface area contributed by atoms with Gasteiger partial charge in [0.2, 0.25) is 5.91 Å². The van der Waals surface area contributed by atoms with Crippen LogP contribution in [0.5, 0.6) is 0 Å². The first-order chi connectivity index (χ1) is 11.1. The Hall–Kier alpha value is -1.83. The average Bonchev–Trinajstić information content (AvgIpc) is 3.16. The van der Waals surface area contributed by atoms with E-state index in [1.54, 1.807) is 4.90 Å². The molecule has 2 saturated carbocycles. The maximum atomic E-state index is 13.2. The van der Waals surface area contributed by atoms with Gasteiger partial charge in [0.25, 0.3) is 0 Å². The number of carbonyl (C=O) groups is 1. The Morgan fingerprint density at radius 3 is 3.04 bits per heavy atom. The highest BCUT2D eigenvalue weighted by Gasteiger charge is 2.78. The van der Waals surface area contributed by atoms with E-state index in [1.165, 1.54) is 0 Å². The standard InChI is InChI=1S/C19H19NO3/c1-3-7-19-15-13-9-12(16(21)17(13)23-19)14(15)18(22)20(19)11-6-4-5-10(2)8-11/h1,4-6,8,12-17,21H,7,9H2,2H3. The zero-order chi connectivity index (χ0) is 15.9. The van der Waals surface area contributed by atoms with E-state index >= 15 is 0 Å². The monoisotopic (exact) mass is 309 g/mol. The summed E-state index contributed by atoms with van der Waals surface area (Å²) in [6.07, 6.45) is 6.22. The molecule has 7 unspecified atom stereocenters. The van der Waals surface area contributed by atoms with Gasteiger partial charge in [-0.1, -0.05) is 12.1 Å². The number of carbonyl (C=O) groups excluding carboxylic acids is 1. The molecule has 2 heterocycles. The molecule has 2 aliphatic carbocycles. The van der Waals surface area contributed by atoms with Crippen LogP contribution < -0.4 is 4.90 Å². The SMILES string of the molecule is C#CCC12OC3C(O)C4CC3C1C4C(=O)N2c1cccc(C)c1. The lowest BCUT2D eigenvalue weighted by Gasteiger charge is -2.38. The fraction of sp³-hybridized carbons (Fsp3) is 0.526. The van der Waals surface area contributed by atoms with Crippen LogP contribution in [0.2, 0.25) is 0 Å². The van der Waals surface area contributed by atoms with E-state index < -0.39 is 11.8 Å². The first kappa shape index (κ1) is 13.6. The van der Waals surface area contributed by atoms with Crippen molar-refractivity contribution in [2.75, 3.05) is 4.90 Å². The van der Waals surface area contributed by atoms with Crippen molar-refractivity contribution in [1.82, 2.24) is 0 Å². The molecule has 1 N–H and O–H groups in total. The molecule has 118 valence electrons. The number of terminal acetylenes is 1. The first-order valence-electron chi connectivity index (χ1n) is 8.28. The number of anilines is 1. The third-order valence-electron chi connectivity index (χ3n) is 6.41. The maximum absolute atomic E-state index is 13.2. The fourth-order valence-corrected chi connectivity index (χ4v) is 5.79. The highest BCUT2D eigenvalue weighted by molar-refractivity contribution is 6.00. The summed E-state index contributed by atoms with van der Waals surface area (Å²) in [6.45, 7) is 2.01. The number of ether oxygens (including phenoxy) is 1. The lowest BCUT2D eigenvalue weighted by atomic mass is 9.76. The molecule has 1 amide bonds. The van der Waals surface area contributed by atoms with Gasteiger partial charge in [-0.05, 0) is 42.9 Å². The van der Waals surface area contributed by atoms with Gasteiger partial charge in [-0.25, -0.2) is 0 Å². The summed E-state index contributed by atoms with van der Waals surface area (Å²) in [7, 11) is 0. The van der Waals surface area contributed by atoms with E-state index in [9.17, 15) is 9.90 Å². The van der Waals surface area contributed by atoms with Gasteiger partial charge in [0.15, 0.2) is 5.72 Å². The molecule has 2 aliphatic heterocycles. The topological polar surface area (TPSA) is 49.8 Å². The van der Waals surface area contributed by atoms with Gasteiger partial charge in [-0.3, -0.25) is 9.69 Å². The molecule has 0 radical (unpaired) electrons. The van der Waals surface area contributed by atoms with Crippen LogP contribution in [0.15, 0.2) is 24.3 Å². The first-order valence-corrected chi connectivity index (χ1v) is 8.28. The van der Waals surface area contributed by atoms with Crippen molar-refractivity contribution in [3.05, 3.63) is 29.8 Å². The molecule has 2 bridgehead atoms. The highest BCUT2D eigenvalue weighted by atomic mass is 16.6. The number of aliphatic hydroxyl groups is 1. The van der Waals surface area contributed by atoms with Crippen molar-refractivity contribution in [3.63, 3.8) is 0 Å². The van der Waals surface area contributed by atoms with Crippen LogP contribution in [-0.2, 0) is 9.53 Å². The minimum absolute atomic E-state index is 0.0250. The summed E-state index contributed by atoms with van der Waals surface area (Å²) >= 11 is 0. The number of amides is 1. The van der Waals surface area contributed by atoms with E-state index in [4.69, 9.17) is 11.2 Å². The Morgan fingerprint density at radius 1 is 1.48 bits per heavy atom. The van der Waals surface area contributed by atoms with Crippen molar-refractivity contribution in [2.24, 2.45) is 23.7 Å². The van der Waals surface area contributed by atoms with Gasteiger partial charge in [0.05, 0.1) is 24.5 Å². The number of aryl methyl sites for hydroxylation is 1. The zero-order valence-corrected chi connectivity index (χ0v) is 13.0. The van der Waals surface area contributed by atoms with Gasteiger partial charge in [0, 0.05) is 11.6 Å². The number of nitrogens with zero attached hydrogens (tertiary/aromatic N) is 1. The summed E-state index contributed by atoms with van der Waals surface area (Å²) in [4.78, 5) is 15.0. The third kappa shape index (κ3) is 1.39. The molecule has 2 saturated heterocycles. The lowest BCUT2D eigenvalue weighted by Crippen LogP contribution is -2.51. The average molecular weight is 309 g/mol. The molecule has 7 atom stereocenters. The number of aliphatic hydroxyl groups excluding tert-OH is 1. The lowest BCUT2D eigenvalue weighted by molar-refractivity contribution is -0.132. The van der Waals surface area contributed by atoms with Crippen molar-refractivity contribution >= 4 is 11.6 Å². The second-order valence-electron chi connectivity index (χ2n) is 7.43. The molecule has 1 aromatic carbocycles. The van der Waals surface area contributed by atoms with E-state index in [0.717, 1.165) is 17.7 Å². The van der Waals surface area contributed by atoms with Crippen molar-refractivity contribution < 1.29 is 14.6 Å². The Labute approximate surface area is 135 Å². The summed E-state index contributed by atoms with van der Waals surface area (Å²) in [5.41, 5.74) is 1.18. The number of benzene rings is 1. The van der Waals surface area contributed by atoms with Crippen LogP contribution in [0.25, 0.3) is 0 Å². The highest BCUT2D eigenvalue weighted by Crippen LogP contribution is 2.68. The fourth-order valence-electron chi connectivity index (χ4n) is 5.79. The molecular weight excluding hydrogens is 290 g/mol. The van der Waals surface area contributed by atoms with Crippen molar-refractivity contribution in [3.8, 4) is 12.3 Å². The summed E-state index contributed by atoms with van der Waals surface area (Å²) in [6, 6.07) is 7.93. The normalized spacial score (nSPS) is 45.8. The second kappa shape index (κ2) is 4.17. The second-order valence-corrected chi connectivity index (χ2v) is 7.43. The van der Waals surface area contributed by atoms with Crippen LogP contribution >= 0.6 is 0 Å². The van der Waals surface area contributed by atoms with Crippen LogP contribution in [0, 0.1) is 42.9 Å². The summed E-state index contributed by atoms with van der Waals surface area (Å²) in [5, 5.41) is 10.5. The Morgan fingerprint density at radius 2 is 2.30 bits per heavy atom. The van der Waals surface area contributed by atoms with Gasteiger partial charge in [-0.15, -0.1) is 12.3 Å². The minimum atomic E-state index is -0.772. The van der Waals surface area contributed by atoms with Gasteiger partial charge in [0.1, 0.15) is 0 Å². The van der Waals surface area contributed by atoms with E-state index in [1.807, 2.05) is 31.2 Å². The molecule has 4 aliphatic rings. The van der Waals surface area contributed by atoms with E-state index in [0.29, 0.717) is 6.42 Å². The minimum Gasteiger partial charge on any atom is -0.390 e. The van der Waals surface area contributed by atoms with Crippen LogP contribution in [0.1, 0.15) is 18.4 Å². The smallest absolute Gasteiger partial charge is 0.233 e. The van der Waals surface area contributed by atoms with Crippen molar-refractivity contribution in [1.29, 1.82) is 0 Å². The molecule has 4 fully saturated rings. The molecule has 0 spiro atoms. The Kier molecular flexibility index (Phi) is 2.46. The molecule has 1 aromatic rings. The number of hydrogen-bond acceptors (Lipinski definition) is 3. The Bertz CT molecular complexity index is 753. The molecule has 23 heavy (non-hydrogen) atoms. The molecule has 4 nitrogen and oxygen atoms in total. The zero-order valence-electron chi connectivity index (χ0n) is 13.0. The van der Waals surface area contributed by atoms with Crippen LogP contribution in [0.4, 0.5) is 5.69 Å². The van der Waals surface area contributed by atoms with Gasteiger partial charge < -0.3 is 9.84 Å². The van der Waals surface area contributed by atoms with Crippen LogP contribution in [0.3, 0.4) is 0 Å². The number of hydrogen-bond donors (Lipinski definition) is 1. The summed E-state index contributed by atoms with van der Waals surface area (Å²) < 4.78 is 6.36. The Balaban J connectivity index is 1.69. The third-order valence-corrected chi connectivity index (χ3v) is 6.41.